The molecule has 0 atom stereocenters. The fraction of sp³-hybridized carbons (Fsp3) is 0.571. The molecule has 0 aromatic heterocycles. The highest BCUT2D eigenvalue weighted by Gasteiger charge is 2.21. The highest BCUT2D eigenvalue weighted by atomic mass is 35.5. The molecule has 1 N–H and O–H groups in total. The molecule has 0 heterocycles. The van der Waals surface area contributed by atoms with Gasteiger partial charge in [0.2, 0.25) is 0 Å². The standard InChI is InChI=1S/C14H18ClFN2O2/c1-9-2-4-10(5-3-9)8-17-13-7-12(16)11(15)6-14(13)18(19)20/h6-7,9-10,17H,2-5,8H2,1H3. The van der Waals surface area contributed by atoms with E-state index in [0.717, 1.165) is 30.9 Å². The van der Waals surface area contributed by atoms with Crippen LogP contribution in [0, 0.1) is 27.8 Å². The van der Waals surface area contributed by atoms with Crippen molar-refractivity contribution in [3.8, 4) is 0 Å². The predicted molar refractivity (Wildman–Crippen MR) is 77.7 cm³/mol. The monoisotopic (exact) mass is 300 g/mol. The van der Waals surface area contributed by atoms with E-state index in [0.29, 0.717) is 12.5 Å². The van der Waals surface area contributed by atoms with Crippen LogP contribution in [-0.2, 0) is 0 Å². The quantitative estimate of drug-likeness (QED) is 0.651. The van der Waals surface area contributed by atoms with Crippen LogP contribution < -0.4 is 5.32 Å². The highest BCUT2D eigenvalue weighted by molar-refractivity contribution is 6.31. The third-order valence-corrected chi connectivity index (χ3v) is 4.24. The summed E-state index contributed by atoms with van der Waals surface area (Å²) in [7, 11) is 0. The van der Waals surface area contributed by atoms with Gasteiger partial charge < -0.3 is 5.32 Å². The zero-order chi connectivity index (χ0) is 14.7. The number of hydrogen-bond acceptors (Lipinski definition) is 3. The first-order valence-corrected chi connectivity index (χ1v) is 7.22. The van der Waals surface area contributed by atoms with E-state index in [1.165, 1.54) is 12.8 Å². The van der Waals surface area contributed by atoms with Crippen molar-refractivity contribution >= 4 is 23.0 Å². The molecule has 110 valence electrons. The van der Waals surface area contributed by atoms with Crippen LogP contribution in [-0.4, -0.2) is 11.5 Å². The second-order valence-electron chi connectivity index (χ2n) is 5.55. The van der Waals surface area contributed by atoms with Crippen molar-refractivity contribution in [3.63, 3.8) is 0 Å². The van der Waals surface area contributed by atoms with Gasteiger partial charge in [-0.25, -0.2) is 4.39 Å². The first-order chi connectivity index (χ1) is 9.47. The highest BCUT2D eigenvalue weighted by Crippen LogP contribution is 2.32. The van der Waals surface area contributed by atoms with Gasteiger partial charge in [-0.2, -0.15) is 0 Å². The first kappa shape index (κ1) is 15.0. The third-order valence-electron chi connectivity index (χ3n) is 3.95. The lowest BCUT2D eigenvalue weighted by molar-refractivity contribution is -0.384. The summed E-state index contributed by atoms with van der Waals surface area (Å²) in [5, 5.41) is 13.7. The molecule has 1 aliphatic carbocycles. The number of nitrogens with one attached hydrogen (secondary N) is 1. The fourth-order valence-corrected chi connectivity index (χ4v) is 2.77. The van der Waals surface area contributed by atoms with E-state index in [9.17, 15) is 14.5 Å². The van der Waals surface area contributed by atoms with Gasteiger partial charge in [-0.05, 0) is 24.7 Å². The van der Waals surface area contributed by atoms with Crippen LogP contribution in [0.1, 0.15) is 32.6 Å². The fourth-order valence-electron chi connectivity index (χ4n) is 2.62. The molecule has 1 saturated carbocycles. The molecular formula is C14H18ClFN2O2. The number of nitrogens with zero attached hydrogens (tertiary/aromatic N) is 1. The molecule has 0 radical (unpaired) electrons. The summed E-state index contributed by atoms with van der Waals surface area (Å²) in [6.45, 7) is 2.87. The Balaban J connectivity index is 2.05. The number of nitro benzene ring substituents is 1. The maximum absolute atomic E-state index is 13.4. The summed E-state index contributed by atoms with van der Waals surface area (Å²) in [5.41, 5.74) is 0.0242. The molecule has 20 heavy (non-hydrogen) atoms. The molecule has 0 aliphatic heterocycles. The van der Waals surface area contributed by atoms with Gasteiger partial charge in [0.15, 0.2) is 0 Å². The van der Waals surface area contributed by atoms with Crippen molar-refractivity contribution < 1.29 is 9.31 Å². The number of benzene rings is 1. The second kappa shape index (κ2) is 6.39. The van der Waals surface area contributed by atoms with Gasteiger partial charge in [-0.1, -0.05) is 31.4 Å². The lowest BCUT2D eigenvalue weighted by Crippen LogP contribution is -2.20. The van der Waals surface area contributed by atoms with Gasteiger partial charge in [-0.15, -0.1) is 0 Å². The van der Waals surface area contributed by atoms with E-state index in [1.54, 1.807) is 0 Å². The number of halogens is 2. The van der Waals surface area contributed by atoms with Gasteiger partial charge in [0.1, 0.15) is 11.5 Å². The molecule has 1 aromatic carbocycles. The predicted octanol–water partition coefficient (Wildman–Crippen LogP) is 4.63. The topological polar surface area (TPSA) is 55.2 Å². The van der Waals surface area contributed by atoms with E-state index >= 15 is 0 Å². The zero-order valence-electron chi connectivity index (χ0n) is 11.4. The maximum atomic E-state index is 13.4. The van der Waals surface area contributed by atoms with Crippen molar-refractivity contribution in [2.24, 2.45) is 11.8 Å². The van der Waals surface area contributed by atoms with E-state index in [1.807, 2.05) is 0 Å². The SMILES string of the molecule is CC1CCC(CNc2cc(F)c(Cl)cc2[N+](=O)[O-])CC1. The Labute approximate surface area is 122 Å². The minimum Gasteiger partial charge on any atom is -0.379 e. The Kier molecular flexibility index (Phi) is 4.81. The molecule has 2 rings (SSSR count). The molecule has 4 nitrogen and oxygen atoms in total. The van der Waals surface area contributed by atoms with Gasteiger partial charge in [0.05, 0.1) is 9.95 Å². The van der Waals surface area contributed by atoms with Crippen molar-refractivity contribution in [2.75, 3.05) is 11.9 Å². The van der Waals surface area contributed by atoms with E-state index < -0.39 is 10.7 Å². The Morgan fingerprint density at radius 2 is 2.05 bits per heavy atom. The van der Waals surface area contributed by atoms with E-state index in [2.05, 4.69) is 12.2 Å². The number of nitro groups is 1. The molecular weight excluding hydrogens is 283 g/mol. The summed E-state index contributed by atoms with van der Waals surface area (Å²) in [4.78, 5) is 10.4. The molecule has 1 aromatic rings. The Morgan fingerprint density at radius 1 is 1.40 bits per heavy atom. The molecule has 1 fully saturated rings. The van der Waals surface area contributed by atoms with Crippen molar-refractivity contribution in [1.82, 2.24) is 0 Å². The zero-order valence-corrected chi connectivity index (χ0v) is 12.1. The normalized spacial score (nSPS) is 22.6. The molecule has 0 saturated heterocycles. The summed E-state index contributed by atoms with van der Waals surface area (Å²) in [6, 6.07) is 2.16. The van der Waals surface area contributed by atoms with Crippen LogP contribution >= 0.6 is 11.6 Å². The van der Waals surface area contributed by atoms with Crippen molar-refractivity contribution in [1.29, 1.82) is 0 Å². The average molecular weight is 301 g/mol. The molecule has 0 spiro atoms. The van der Waals surface area contributed by atoms with Crippen LogP contribution in [0.3, 0.4) is 0 Å². The molecule has 0 unspecified atom stereocenters. The Bertz CT molecular complexity index is 502. The third kappa shape index (κ3) is 3.60. The average Bonchev–Trinajstić information content (AvgIpc) is 2.41. The van der Waals surface area contributed by atoms with E-state index in [4.69, 9.17) is 11.6 Å². The second-order valence-corrected chi connectivity index (χ2v) is 5.95. The Morgan fingerprint density at radius 3 is 2.65 bits per heavy atom. The molecule has 1 aliphatic rings. The molecule has 0 amide bonds. The van der Waals surface area contributed by atoms with Crippen molar-refractivity contribution in [3.05, 3.63) is 33.1 Å². The van der Waals surface area contributed by atoms with Gasteiger partial charge in [0, 0.05) is 18.7 Å². The molecule has 6 heteroatoms. The van der Waals surface area contributed by atoms with Crippen LogP contribution in [0.25, 0.3) is 0 Å². The van der Waals surface area contributed by atoms with Crippen LogP contribution in [0.15, 0.2) is 12.1 Å². The summed E-state index contributed by atoms with van der Waals surface area (Å²) in [5.74, 6) is 0.607. The summed E-state index contributed by atoms with van der Waals surface area (Å²) in [6.07, 6.45) is 4.59. The Hall–Kier alpha value is -1.36. The number of hydrogen-bond donors (Lipinski definition) is 1. The van der Waals surface area contributed by atoms with Crippen LogP contribution in [0.4, 0.5) is 15.8 Å². The minimum absolute atomic E-state index is 0.180. The van der Waals surface area contributed by atoms with Crippen molar-refractivity contribution in [2.45, 2.75) is 32.6 Å². The number of anilines is 1. The largest absolute Gasteiger partial charge is 0.379 e. The first-order valence-electron chi connectivity index (χ1n) is 6.84. The lowest BCUT2D eigenvalue weighted by atomic mass is 9.83. The summed E-state index contributed by atoms with van der Waals surface area (Å²) >= 11 is 5.59. The minimum atomic E-state index is -0.642. The smallest absolute Gasteiger partial charge is 0.294 e. The lowest BCUT2D eigenvalue weighted by Gasteiger charge is -2.26. The summed E-state index contributed by atoms with van der Waals surface area (Å²) < 4.78 is 13.4. The van der Waals surface area contributed by atoms with Crippen LogP contribution in [0.2, 0.25) is 5.02 Å². The van der Waals surface area contributed by atoms with Gasteiger partial charge in [0.25, 0.3) is 5.69 Å². The van der Waals surface area contributed by atoms with Gasteiger partial charge in [-0.3, -0.25) is 10.1 Å². The van der Waals surface area contributed by atoms with E-state index in [-0.39, 0.29) is 16.4 Å². The molecule has 0 bridgehead atoms. The van der Waals surface area contributed by atoms with Gasteiger partial charge >= 0.3 is 0 Å². The van der Waals surface area contributed by atoms with Crippen LogP contribution in [0.5, 0.6) is 0 Å². The maximum Gasteiger partial charge on any atom is 0.294 e. The number of rotatable bonds is 4.